The Balaban J connectivity index is 1.40. The van der Waals surface area contributed by atoms with E-state index in [2.05, 4.69) is 53.3 Å². The minimum atomic E-state index is -1.16. The molecule has 4 aromatic rings. The molecule has 3 aromatic heterocycles. The minimum Gasteiger partial charge on any atom is -0.492 e. The summed E-state index contributed by atoms with van der Waals surface area (Å²) < 4.78 is 5.82. The molecule has 2 atom stereocenters. The Hall–Kier alpha value is -4.64. The average molecular weight is 672 g/mol. The minimum absolute atomic E-state index is 0.118. The molecule has 0 saturated heterocycles. The maximum atomic E-state index is 13.2. The highest BCUT2D eigenvalue weighted by Gasteiger charge is 2.26. The summed E-state index contributed by atoms with van der Waals surface area (Å²) in [4.78, 5) is 52.8. The molecule has 0 radical (unpaired) electrons. The molecule has 0 aliphatic carbocycles. The molecular formula is C37H45N5O5S. The van der Waals surface area contributed by atoms with Gasteiger partial charge in [0.05, 0.1) is 23.4 Å². The van der Waals surface area contributed by atoms with Gasteiger partial charge in [-0.1, -0.05) is 77.6 Å². The van der Waals surface area contributed by atoms with Gasteiger partial charge in [-0.25, -0.2) is 9.97 Å². The van der Waals surface area contributed by atoms with Gasteiger partial charge in [-0.2, -0.15) is 0 Å². The van der Waals surface area contributed by atoms with E-state index < -0.39 is 29.9 Å². The zero-order valence-electron chi connectivity index (χ0n) is 28.3. The number of hydrogen-bond donors (Lipinski definition) is 3. The highest BCUT2D eigenvalue weighted by molar-refractivity contribution is 7.14. The number of rotatable bonds is 16. The summed E-state index contributed by atoms with van der Waals surface area (Å²) in [5, 5.41) is 14.6. The summed E-state index contributed by atoms with van der Waals surface area (Å²) >= 11 is 1.37. The Labute approximate surface area is 286 Å². The molecular weight excluding hydrogens is 627 g/mol. The SMILES string of the molecule is CCCCCCCOc1ccc(-c2cnc(-c3ccc(C[C@H](NC(=O)c4ccc(C(C)(C)C)s4)C(=O)N[C@H](C)C(=O)O)cc3)nc2)nc1. The third-order valence-electron chi connectivity index (χ3n) is 7.77. The summed E-state index contributed by atoms with van der Waals surface area (Å²) in [6.07, 6.45) is 11.2. The van der Waals surface area contributed by atoms with Gasteiger partial charge in [-0.3, -0.25) is 19.4 Å². The summed E-state index contributed by atoms with van der Waals surface area (Å²) in [7, 11) is 0. The molecule has 254 valence electrons. The van der Waals surface area contributed by atoms with Crippen LogP contribution in [0.3, 0.4) is 0 Å². The fourth-order valence-corrected chi connectivity index (χ4v) is 5.81. The number of carbonyl (C=O) groups is 3. The first-order chi connectivity index (χ1) is 22.9. The maximum Gasteiger partial charge on any atom is 0.325 e. The van der Waals surface area contributed by atoms with Crippen molar-refractivity contribution in [2.45, 2.75) is 90.6 Å². The Bertz CT molecular complexity index is 1650. The van der Waals surface area contributed by atoms with Gasteiger partial charge < -0.3 is 20.5 Å². The second kappa shape index (κ2) is 17.0. The number of carbonyl (C=O) groups excluding carboxylic acids is 2. The lowest BCUT2D eigenvalue weighted by Gasteiger charge is -2.20. The number of hydrogen-bond acceptors (Lipinski definition) is 8. The number of benzene rings is 1. The van der Waals surface area contributed by atoms with Gasteiger partial charge in [0.15, 0.2) is 5.82 Å². The van der Waals surface area contributed by atoms with E-state index in [-0.39, 0.29) is 11.8 Å². The molecule has 0 aliphatic heterocycles. The van der Waals surface area contributed by atoms with Crippen LogP contribution in [-0.2, 0) is 21.4 Å². The molecule has 2 amide bonds. The molecule has 0 spiro atoms. The van der Waals surface area contributed by atoms with E-state index in [1.807, 2.05) is 42.5 Å². The van der Waals surface area contributed by atoms with Crippen LogP contribution in [-0.4, -0.2) is 56.5 Å². The number of unbranched alkanes of at least 4 members (excludes halogenated alkanes) is 4. The average Bonchev–Trinajstić information content (AvgIpc) is 3.59. The molecule has 0 unspecified atom stereocenters. The predicted molar refractivity (Wildman–Crippen MR) is 188 cm³/mol. The zero-order valence-corrected chi connectivity index (χ0v) is 29.1. The fourth-order valence-electron chi connectivity index (χ4n) is 4.84. The van der Waals surface area contributed by atoms with Crippen molar-refractivity contribution in [3.8, 4) is 28.4 Å². The van der Waals surface area contributed by atoms with Gasteiger partial charge in [0.25, 0.3) is 5.91 Å². The molecule has 48 heavy (non-hydrogen) atoms. The molecule has 0 fully saturated rings. The first-order valence-corrected chi connectivity index (χ1v) is 17.2. The van der Waals surface area contributed by atoms with Crippen molar-refractivity contribution in [1.82, 2.24) is 25.6 Å². The molecule has 11 heteroatoms. The largest absolute Gasteiger partial charge is 0.492 e. The van der Waals surface area contributed by atoms with E-state index in [4.69, 9.17) is 4.74 Å². The van der Waals surface area contributed by atoms with Gasteiger partial charge in [-0.05, 0) is 48.6 Å². The van der Waals surface area contributed by atoms with E-state index >= 15 is 0 Å². The standard InChI is InChI=1S/C37H45N5O5S/c1-6-7-8-9-10-19-47-28-15-16-29(38-23-28)27-21-39-33(40-22-27)26-13-11-25(12-14-26)20-30(34(43)41-24(2)36(45)46)42-35(44)31-17-18-32(48-31)37(3,4)5/h11-18,21-24,30H,6-10,19-20H2,1-5H3,(H,41,43)(H,42,44)(H,45,46)/t24-,30+/m1/s1. The zero-order chi connectivity index (χ0) is 34.7. The van der Waals surface area contributed by atoms with Crippen molar-refractivity contribution in [3.05, 3.63) is 82.4 Å². The lowest BCUT2D eigenvalue weighted by Crippen LogP contribution is -2.51. The number of thiophene rings is 1. The van der Waals surface area contributed by atoms with Crippen LogP contribution in [0.4, 0.5) is 0 Å². The van der Waals surface area contributed by atoms with Gasteiger partial charge in [-0.15, -0.1) is 11.3 Å². The van der Waals surface area contributed by atoms with Crippen LogP contribution in [0.2, 0.25) is 0 Å². The van der Waals surface area contributed by atoms with Crippen LogP contribution in [0.1, 0.15) is 86.8 Å². The number of pyridine rings is 1. The number of carboxylic acids is 1. The van der Waals surface area contributed by atoms with Gasteiger partial charge >= 0.3 is 5.97 Å². The van der Waals surface area contributed by atoms with Crippen LogP contribution in [0, 0.1) is 0 Å². The van der Waals surface area contributed by atoms with Crippen molar-refractivity contribution in [3.63, 3.8) is 0 Å². The first kappa shape index (κ1) is 36.2. The van der Waals surface area contributed by atoms with Gasteiger partial charge in [0, 0.05) is 34.8 Å². The molecule has 0 bridgehead atoms. The number of aromatic nitrogens is 3. The highest BCUT2D eigenvalue weighted by Crippen LogP contribution is 2.29. The Morgan fingerprint density at radius 2 is 1.56 bits per heavy atom. The summed E-state index contributed by atoms with van der Waals surface area (Å²) in [6.45, 7) is 10.5. The Kier molecular flexibility index (Phi) is 12.8. The van der Waals surface area contributed by atoms with Crippen LogP contribution >= 0.6 is 11.3 Å². The summed E-state index contributed by atoms with van der Waals surface area (Å²) in [5.41, 5.74) is 2.95. The van der Waals surface area contributed by atoms with Crippen molar-refractivity contribution < 1.29 is 24.2 Å². The van der Waals surface area contributed by atoms with Gasteiger partial charge in [0.1, 0.15) is 17.8 Å². The van der Waals surface area contributed by atoms with E-state index in [9.17, 15) is 19.5 Å². The van der Waals surface area contributed by atoms with E-state index in [0.29, 0.717) is 17.3 Å². The lowest BCUT2D eigenvalue weighted by atomic mass is 9.95. The van der Waals surface area contributed by atoms with Crippen LogP contribution in [0.5, 0.6) is 5.75 Å². The van der Waals surface area contributed by atoms with Crippen molar-refractivity contribution >= 4 is 29.1 Å². The number of aliphatic carboxylic acids is 1. The molecule has 4 rings (SSSR count). The number of ether oxygens (including phenoxy) is 1. The maximum absolute atomic E-state index is 13.2. The van der Waals surface area contributed by atoms with E-state index in [0.717, 1.165) is 39.4 Å². The molecule has 1 aromatic carbocycles. The van der Waals surface area contributed by atoms with E-state index in [1.54, 1.807) is 24.7 Å². The first-order valence-electron chi connectivity index (χ1n) is 16.4. The third kappa shape index (κ3) is 10.4. The predicted octanol–water partition coefficient (Wildman–Crippen LogP) is 6.84. The third-order valence-corrected chi connectivity index (χ3v) is 9.28. The molecule has 3 heterocycles. The highest BCUT2D eigenvalue weighted by atomic mass is 32.1. The second-order valence-electron chi connectivity index (χ2n) is 12.8. The lowest BCUT2D eigenvalue weighted by molar-refractivity contribution is -0.141. The van der Waals surface area contributed by atoms with Crippen molar-refractivity contribution in [1.29, 1.82) is 0 Å². The van der Waals surface area contributed by atoms with Crippen LogP contribution in [0.25, 0.3) is 22.6 Å². The number of nitrogens with zero attached hydrogens (tertiary/aromatic N) is 3. The fraction of sp³-hybridized carbons (Fsp3) is 0.405. The Morgan fingerprint density at radius 1 is 0.854 bits per heavy atom. The molecule has 10 nitrogen and oxygen atoms in total. The summed E-state index contributed by atoms with van der Waals surface area (Å²) in [5.74, 6) is -0.868. The molecule has 0 aliphatic rings. The number of nitrogens with one attached hydrogen (secondary N) is 2. The van der Waals surface area contributed by atoms with Gasteiger partial charge in [0.2, 0.25) is 5.91 Å². The van der Waals surface area contributed by atoms with Crippen molar-refractivity contribution in [2.75, 3.05) is 6.61 Å². The molecule has 0 saturated carbocycles. The quantitative estimate of drug-likeness (QED) is 0.110. The Morgan fingerprint density at radius 3 is 2.17 bits per heavy atom. The molecule has 3 N–H and O–H groups in total. The second-order valence-corrected chi connectivity index (χ2v) is 13.9. The topological polar surface area (TPSA) is 143 Å². The number of amides is 2. The monoisotopic (exact) mass is 671 g/mol. The van der Waals surface area contributed by atoms with E-state index in [1.165, 1.54) is 43.9 Å². The van der Waals surface area contributed by atoms with Crippen LogP contribution < -0.4 is 15.4 Å². The van der Waals surface area contributed by atoms with Crippen LogP contribution in [0.15, 0.2) is 67.1 Å². The smallest absolute Gasteiger partial charge is 0.325 e. The summed E-state index contributed by atoms with van der Waals surface area (Å²) in [6, 6.07) is 12.7. The van der Waals surface area contributed by atoms with Crippen molar-refractivity contribution in [2.24, 2.45) is 0 Å². The number of carboxylic acid groups (broad SMARTS) is 1. The normalized spacial score (nSPS) is 12.6.